The molecule has 0 aliphatic carbocycles. The Labute approximate surface area is 220 Å². The first-order valence-corrected chi connectivity index (χ1v) is 13.8. The van der Waals surface area contributed by atoms with Gasteiger partial charge in [0.1, 0.15) is 11.5 Å². The maximum absolute atomic E-state index is 10.7. The molecular weight excluding hydrogens is 444 g/mol. The van der Waals surface area contributed by atoms with Crippen LogP contribution in [-0.4, -0.2) is 44.2 Å². The lowest BCUT2D eigenvalue weighted by Crippen LogP contribution is -2.36. The number of aromatic hydroxyl groups is 2. The standard InChI is InChI=1S/C32H50N2O2/c1-11-29(25-13-15-31(35)27(17-25)19-33(21(3)4)22(5)6)30(12-2)26-14-16-32(36)28(18-26)20-34(23(7)8)24(9)10/h13-18,21-24,35-36H,11-12,19-20H2,1-10H3. The summed E-state index contributed by atoms with van der Waals surface area (Å²) in [5.74, 6) is 0.709. The normalized spacial score (nSPS) is 13.1. The van der Waals surface area contributed by atoms with E-state index in [9.17, 15) is 10.2 Å². The lowest BCUT2D eigenvalue weighted by Gasteiger charge is -2.31. The number of hydrogen-bond acceptors (Lipinski definition) is 4. The van der Waals surface area contributed by atoms with Crippen LogP contribution in [-0.2, 0) is 13.1 Å². The van der Waals surface area contributed by atoms with Gasteiger partial charge in [0.15, 0.2) is 0 Å². The molecule has 0 saturated heterocycles. The van der Waals surface area contributed by atoms with Gasteiger partial charge in [0.25, 0.3) is 0 Å². The van der Waals surface area contributed by atoms with Crippen molar-refractivity contribution < 1.29 is 10.2 Å². The molecule has 4 heteroatoms. The van der Waals surface area contributed by atoms with Crippen LogP contribution in [0.3, 0.4) is 0 Å². The Bertz CT molecular complexity index is 923. The third-order valence-corrected chi connectivity index (χ3v) is 7.29. The average Bonchev–Trinajstić information content (AvgIpc) is 2.80. The topological polar surface area (TPSA) is 46.9 Å². The zero-order valence-corrected chi connectivity index (χ0v) is 24.4. The Hall–Kier alpha value is -2.30. The highest BCUT2D eigenvalue weighted by molar-refractivity contribution is 5.91. The van der Waals surface area contributed by atoms with Crippen LogP contribution in [0.25, 0.3) is 11.1 Å². The Morgan fingerprint density at radius 1 is 0.583 bits per heavy atom. The quantitative estimate of drug-likeness (QED) is 0.293. The molecule has 2 aromatic carbocycles. The van der Waals surface area contributed by atoms with Gasteiger partial charge in [-0.25, -0.2) is 0 Å². The van der Waals surface area contributed by atoms with Crippen LogP contribution in [0.1, 0.15) is 104 Å². The van der Waals surface area contributed by atoms with Crippen LogP contribution < -0.4 is 0 Å². The fourth-order valence-corrected chi connectivity index (χ4v) is 5.30. The highest BCUT2D eigenvalue weighted by Gasteiger charge is 2.19. The van der Waals surface area contributed by atoms with Gasteiger partial charge in [-0.15, -0.1) is 0 Å². The van der Waals surface area contributed by atoms with Crippen molar-refractivity contribution in [3.05, 3.63) is 58.7 Å². The number of phenolic OH excluding ortho intramolecular Hbond substituents is 2. The van der Waals surface area contributed by atoms with Crippen LogP contribution in [0.4, 0.5) is 0 Å². The van der Waals surface area contributed by atoms with Gasteiger partial charge in [0, 0.05) is 48.4 Å². The van der Waals surface area contributed by atoms with Crippen LogP contribution in [0.5, 0.6) is 11.5 Å². The molecule has 0 fully saturated rings. The zero-order valence-electron chi connectivity index (χ0n) is 24.4. The first-order chi connectivity index (χ1) is 16.9. The molecule has 0 heterocycles. The van der Waals surface area contributed by atoms with E-state index in [0.29, 0.717) is 35.7 Å². The monoisotopic (exact) mass is 494 g/mol. The van der Waals surface area contributed by atoms with Gasteiger partial charge >= 0.3 is 0 Å². The van der Waals surface area contributed by atoms with Crippen molar-refractivity contribution in [3.63, 3.8) is 0 Å². The smallest absolute Gasteiger partial charge is 0.120 e. The third-order valence-electron chi connectivity index (χ3n) is 7.29. The molecule has 0 bridgehead atoms. The molecule has 0 spiro atoms. The third kappa shape index (κ3) is 7.36. The summed E-state index contributed by atoms with van der Waals surface area (Å²) in [4.78, 5) is 4.80. The van der Waals surface area contributed by atoms with Crippen molar-refractivity contribution in [3.8, 4) is 11.5 Å². The van der Waals surface area contributed by atoms with E-state index in [1.807, 2.05) is 24.3 Å². The Balaban J connectivity index is 2.56. The molecule has 2 rings (SSSR count). The molecule has 200 valence electrons. The number of hydrogen-bond donors (Lipinski definition) is 2. The highest BCUT2D eigenvalue weighted by Crippen LogP contribution is 2.36. The fourth-order valence-electron chi connectivity index (χ4n) is 5.30. The molecule has 0 amide bonds. The largest absolute Gasteiger partial charge is 0.508 e. The molecular formula is C32H50N2O2. The van der Waals surface area contributed by atoms with E-state index in [1.54, 1.807) is 0 Å². The SMILES string of the molecule is CCC(=C(CC)c1ccc(O)c(CN(C(C)C)C(C)C)c1)c1ccc(O)c(CN(C(C)C)C(C)C)c1. The number of benzene rings is 2. The van der Waals surface area contributed by atoms with Crippen LogP contribution in [0, 0.1) is 0 Å². The number of rotatable bonds is 12. The molecule has 0 unspecified atom stereocenters. The Morgan fingerprint density at radius 3 is 1.14 bits per heavy atom. The van der Waals surface area contributed by atoms with E-state index in [2.05, 4.69) is 91.2 Å². The van der Waals surface area contributed by atoms with E-state index >= 15 is 0 Å². The first kappa shape index (κ1) is 29.9. The Morgan fingerprint density at radius 2 is 0.889 bits per heavy atom. The van der Waals surface area contributed by atoms with Crippen molar-refractivity contribution >= 4 is 11.1 Å². The molecule has 2 aromatic rings. The van der Waals surface area contributed by atoms with E-state index in [0.717, 1.165) is 48.2 Å². The molecule has 2 N–H and O–H groups in total. The van der Waals surface area contributed by atoms with Gasteiger partial charge in [0.05, 0.1) is 0 Å². The second-order valence-electron chi connectivity index (χ2n) is 11.1. The van der Waals surface area contributed by atoms with Crippen molar-refractivity contribution in [2.45, 2.75) is 119 Å². The maximum Gasteiger partial charge on any atom is 0.120 e. The average molecular weight is 495 g/mol. The molecule has 0 atom stereocenters. The predicted molar refractivity (Wildman–Crippen MR) is 155 cm³/mol. The van der Waals surface area contributed by atoms with Gasteiger partial charge in [-0.1, -0.05) is 26.0 Å². The van der Waals surface area contributed by atoms with E-state index < -0.39 is 0 Å². The van der Waals surface area contributed by atoms with Crippen molar-refractivity contribution in [2.75, 3.05) is 0 Å². The van der Waals surface area contributed by atoms with Gasteiger partial charge in [0.2, 0.25) is 0 Å². The summed E-state index contributed by atoms with van der Waals surface area (Å²) in [7, 11) is 0. The van der Waals surface area contributed by atoms with Gasteiger partial charge < -0.3 is 10.2 Å². The summed E-state index contributed by atoms with van der Waals surface area (Å²) < 4.78 is 0. The van der Waals surface area contributed by atoms with E-state index in [1.165, 1.54) is 11.1 Å². The minimum atomic E-state index is 0.355. The molecule has 36 heavy (non-hydrogen) atoms. The molecule has 0 aromatic heterocycles. The van der Waals surface area contributed by atoms with Crippen molar-refractivity contribution in [1.29, 1.82) is 0 Å². The molecule has 0 radical (unpaired) electrons. The summed E-state index contributed by atoms with van der Waals surface area (Å²) in [6.45, 7) is 23.5. The van der Waals surface area contributed by atoms with E-state index in [-0.39, 0.29) is 0 Å². The molecule has 0 aliphatic heterocycles. The molecule has 0 saturated carbocycles. The summed E-state index contributed by atoms with van der Waals surface area (Å²) in [5, 5.41) is 21.4. The minimum absolute atomic E-state index is 0.355. The number of nitrogens with zero attached hydrogens (tertiary/aromatic N) is 2. The van der Waals surface area contributed by atoms with Crippen LogP contribution >= 0.6 is 0 Å². The summed E-state index contributed by atoms with van der Waals surface area (Å²) in [5.41, 5.74) is 6.84. The summed E-state index contributed by atoms with van der Waals surface area (Å²) in [6.07, 6.45) is 1.79. The van der Waals surface area contributed by atoms with Gasteiger partial charge in [-0.2, -0.15) is 0 Å². The zero-order chi connectivity index (χ0) is 27.2. The summed E-state index contributed by atoms with van der Waals surface area (Å²) in [6, 6.07) is 13.7. The number of phenols is 2. The lowest BCUT2D eigenvalue weighted by molar-refractivity contribution is 0.164. The second kappa shape index (κ2) is 13.3. The van der Waals surface area contributed by atoms with Gasteiger partial charge in [-0.05, 0) is 115 Å². The molecule has 0 aliphatic rings. The predicted octanol–water partition coefficient (Wildman–Crippen LogP) is 8.07. The minimum Gasteiger partial charge on any atom is -0.508 e. The summed E-state index contributed by atoms with van der Waals surface area (Å²) >= 11 is 0. The number of allylic oxidation sites excluding steroid dienone is 2. The fraction of sp³-hybridized carbons (Fsp3) is 0.562. The van der Waals surface area contributed by atoms with Crippen LogP contribution in [0.2, 0.25) is 0 Å². The first-order valence-electron chi connectivity index (χ1n) is 13.8. The second-order valence-corrected chi connectivity index (χ2v) is 11.1. The Kier molecular flexibility index (Phi) is 11.1. The molecule has 4 nitrogen and oxygen atoms in total. The lowest BCUT2D eigenvalue weighted by atomic mass is 9.89. The van der Waals surface area contributed by atoms with E-state index in [4.69, 9.17) is 0 Å². The van der Waals surface area contributed by atoms with Crippen molar-refractivity contribution in [1.82, 2.24) is 9.80 Å². The van der Waals surface area contributed by atoms with Gasteiger partial charge in [-0.3, -0.25) is 9.80 Å². The maximum atomic E-state index is 10.7. The highest BCUT2D eigenvalue weighted by atomic mass is 16.3. The van der Waals surface area contributed by atoms with Crippen molar-refractivity contribution in [2.24, 2.45) is 0 Å². The van der Waals surface area contributed by atoms with Crippen LogP contribution in [0.15, 0.2) is 36.4 Å².